The molecule has 0 unspecified atom stereocenters. The van der Waals surface area contributed by atoms with Crippen LogP contribution in [0.1, 0.15) is 5.69 Å². The van der Waals surface area contributed by atoms with Gasteiger partial charge in [0, 0.05) is 28.5 Å². The summed E-state index contributed by atoms with van der Waals surface area (Å²) in [6.07, 6.45) is 4.78. The summed E-state index contributed by atoms with van der Waals surface area (Å²) in [5.74, 6) is 0. The first kappa shape index (κ1) is 7.49. The first-order chi connectivity index (χ1) is 5.83. The maximum absolute atomic E-state index is 7.11. The summed E-state index contributed by atoms with van der Waals surface area (Å²) in [7, 11) is 0. The lowest BCUT2D eigenvalue weighted by Gasteiger charge is -1.96. The van der Waals surface area contributed by atoms with E-state index in [0.717, 1.165) is 15.4 Å². The van der Waals surface area contributed by atoms with Crippen LogP contribution >= 0.6 is 15.9 Å². The molecule has 0 amide bonds. The van der Waals surface area contributed by atoms with Gasteiger partial charge in [-0.05, 0) is 22.0 Å². The normalized spacial score (nSPS) is 10.4. The molecule has 4 heteroatoms. The highest BCUT2D eigenvalue weighted by Crippen LogP contribution is 2.22. The zero-order chi connectivity index (χ0) is 8.55. The Kier molecular flexibility index (Phi) is 1.69. The van der Waals surface area contributed by atoms with Gasteiger partial charge in [0.25, 0.3) is 0 Å². The summed E-state index contributed by atoms with van der Waals surface area (Å²) in [6.45, 7) is 0. The van der Waals surface area contributed by atoms with Crippen LogP contribution in [0.5, 0.6) is 0 Å². The molecule has 0 aliphatic rings. The second-order valence-electron chi connectivity index (χ2n) is 2.40. The van der Waals surface area contributed by atoms with Gasteiger partial charge in [0.05, 0.1) is 5.52 Å². The maximum atomic E-state index is 7.11. The Morgan fingerprint density at radius 2 is 2.42 bits per heavy atom. The molecule has 0 aliphatic heterocycles. The minimum atomic E-state index is 0.665. The van der Waals surface area contributed by atoms with E-state index in [4.69, 9.17) is 5.41 Å². The summed E-state index contributed by atoms with van der Waals surface area (Å²) in [4.78, 5) is 7.11. The minimum absolute atomic E-state index is 0.665. The zero-order valence-electron chi connectivity index (χ0n) is 6.13. The van der Waals surface area contributed by atoms with Crippen LogP contribution in [0.4, 0.5) is 0 Å². The van der Waals surface area contributed by atoms with E-state index in [9.17, 15) is 0 Å². The summed E-state index contributed by atoms with van der Waals surface area (Å²) >= 11 is 3.38. The smallest absolute Gasteiger partial charge is 0.105 e. The number of hydrogen-bond acceptors (Lipinski definition) is 2. The Bertz CT molecular complexity index is 433. The zero-order valence-corrected chi connectivity index (χ0v) is 7.72. The van der Waals surface area contributed by atoms with Crippen molar-refractivity contribution in [1.82, 2.24) is 9.97 Å². The van der Waals surface area contributed by atoms with Crippen molar-refractivity contribution in [3.05, 3.63) is 28.6 Å². The van der Waals surface area contributed by atoms with Crippen molar-refractivity contribution in [3.8, 4) is 0 Å². The molecule has 2 aromatic heterocycles. The fraction of sp³-hybridized carbons (Fsp3) is 0. The summed E-state index contributed by atoms with van der Waals surface area (Å²) in [5, 5.41) is 8.17. The first-order valence-electron chi connectivity index (χ1n) is 3.45. The topological polar surface area (TPSA) is 52.5 Å². The molecule has 0 saturated heterocycles. The van der Waals surface area contributed by atoms with E-state index in [1.807, 2.05) is 12.3 Å². The molecular formula is C8H6BrN3. The first-order valence-corrected chi connectivity index (χ1v) is 4.24. The van der Waals surface area contributed by atoms with Crippen LogP contribution in [-0.2, 0) is 0 Å². The number of halogens is 1. The van der Waals surface area contributed by atoms with Gasteiger partial charge in [-0.2, -0.15) is 0 Å². The van der Waals surface area contributed by atoms with E-state index in [-0.39, 0.29) is 0 Å². The predicted molar refractivity (Wildman–Crippen MR) is 51.7 cm³/mol. The fourth-order valence-corrected chi connectivity index (χ4v) is 1.58. The van der Waals surface area contributed by atoms with Crippen molar-refractivity contribution in [2.75, 3.05) is 0 Å². The molecule has 0 bridgehead atoms. The van der Waals surface area contributed by atoms with Crippen LogP contribution in [-0.4, -0.2) is 16.2 Å². The molecule has 0 spiro atoms. The quantitative estimate of drug-likeness (QED) is 0.717. The largest absolute Gasteiger partial charge is 0.359 e. The van der Waals surface area contributed by atoms with Crippen LogP contribution in [0, 0.1) is 5.41 Å². The fourth-order valence-electron chi connectivity index (χ4n) is 1.15. The van der Waals surface area contributed by atoms with E-state index in [0.29, 0.717) is 5.69 Å². The monoisotopic (exact) mass is 223 g/mol. The van der Waals surface area contributed by atoms with Gasteiger partial charge in [0.1, 0.15) is 5.69 Å². The second-order valence-corrected chi connectivity index (χ2v) is 3.26. The molecule has 3 nitrogen and oxygen atoms in total. The van der Waals surface area contributed by atoms with E-state index < -0.39 is 0 Å². The van der Waals surface area contributed by atoms with Crippen molar-refractivity contribution in [1.29, 1.82) is 5.41 Å². The Morgan fingerprint density at radius 3 is 3.17 bits per heavy atom. The molecule has 0 radical (unpaired) electrons. The highest BCUT2D eigenvalue weighted by molar-refractivity contribution is 9.10. The van der Waals surface area contributed by atoms with Gasteiger partial charge in [-0.1, -0.05) is 0 Å². The van der Waals surface area contributed by atoms with Crippen LogP contribution in [0.3, 0.4) is 0 Å². The third kappa shape index (κ3) is 0.956. The molecule has 60 valence electrons. The minimum Gasteiger partial charge on any atom is -0.359 e. The molecule has 0 saturated carbocycles. The molecule has 0 aromatic carbocycles. The number of nitrogens with one attached hydrogen (secondary N) is 2. The van der Waals surface area contributed by atoms with Crippen LogP contribution in [0.25, 0.3) is 10.9 Å². The molecule has 12 heavy (non-hydrogen) atoms. The molecule has 0 aliphatic carbocycles. The third-order valence-electron chi connectivity index (χ3n) is 1.71. The van der Waals surface area contributed by atoms with Crippen molar-refractivity contribution in [3.63, 3.8) is 0 Å². The van der Waals surface area contributed by atoms with Crippen LogP contribution in [0.15, 0.2) is 22.9 Å². The van der Waals surface area contributed by atoms with E-state index >= 15 is 0 Å². The van der Waals surface area contributed by atoms with Gasteiger partial charge in [-0.25, -0.2) is 0 Å². The number of nitrogens with zero attached hydrogens (tertiary/aromatic N) is 1. The van der Waals surface area contributed by atoms with Gasteiger partial charge < -0.3 is 10.4 Å². The number of fused-ring (bicyclic) bond motifs is 1. The molecular weight excluding hydrogens is 218 g/mol. The van der Waals surface area contributed by atoms with E-state index in [2.05, 4.69) is 25.9 Å². The molecule has 0 atom stereocenters. The summed E-state index contributed by atoms with van der Waals surface area (Å²) < 4.78 is 0.948. The number of H-pyrrole nitrogens is 1. The van der Waals surface area contributed by atoms with E-state index in [1.165, 1.54) is 6.21 Å². The molecule has 2 aromatic rings. The lowest BCUT2D eigenvalue weighted by atomic mass is 10.2. The Morgan fingerprint density at radius 1 is 1.58 bits per heavy atom. The molecule has 2 rings (SSSR count). The van der Waals surface area contributed by atoms with Crippen LogP contribution < -0.4 is 0 Å². The molecule has 2 N–H and O–H groups in total. The highest BCUT2D eigenvalue weighted by Gasteiger charge is 2.03. The number of aromatic nitrogens is 2. The maximum Gasteiger partial charge on any atom is 0.105 e. The average molecular weight is 224 g/mol. The third-order valence-corrected chi connectivity index (χ3v) is 2.35. The van der Waals surface area contributed by atoms with Gasteiger partial charge >= 0.3 is 0 Å². The number of hydrogen-bond donors (Lipinski definition) is 2. The second kappa shape index (κ2) is 2.71. The lowest BCUT2D eigenvalue weighted by molar-refractivity contribution is 1.29. The Balaban J connectivity index is 2.91. The number of rotatable bonds is 1. The summed E-state index contributed by atoms with van der Waals surface area (Å²) in [6, 6.07) is 1.95. The van der Waals surface area contributed by atoms with Gasteiger partial charge in [0.2, 0.25) is 0 Å². The predicted octanol–water partition coefficient (Wildman–Crippen LogP) is 2.32. The Hall–Kier alpha value is -1.16. The number of aromatic amines is 1. The van der Waals surface area contributed by atoms with Crippen LogP contribution in [0.2, 0.25) is 0 Å². The van der Waals surface area contributed by atoms with Gasteiger partial charge in [-0.15, -0.1) is 0 Å². The van der Waals surface area contributed by atoms with Crippen molar-refractivity contribution in [2.45, 2.75) is 0 Å². The lowest BCUT2D eigenvalue weighted by Crippen LogP contribution is -1.87. The average Bonchev–Trinajstić information content (AvgIpc) is 2.54. The van der Waals surface area contributed by atoms with E-state index in [1.54, 1.807) is 6.20 Å². The standard InChI is InChI=1S/C8H6BrN3/c9-6-4-12-7(3-10)8-5(6)1-2-11-8/h1-4,10-11H. The van der Waals surface area contributed by atoms with Gasteiger partial charge in [-0.3, -0.25) is 4.98 Å². The Labute approximate surface area is 77.5 Å². The van der Waals surface area contributed by atoms with Crippen molar-refractivity contribution >= 4 is 33.0 Å². The SMILES string of the molecule is N=Cc1ncc(Br)c2cc[nH]c12. The van der Waals surface area contributed by atoms with Gasteiger partial charge in [0.15, 0.2) is 0 Å². The van der Waals surface area contributed by atoms with Crippen molar-refractivity contribution in [2.24, 2.45) is 0 Å². The molecule has 0 fully saturated rings. The highest BCUT2D eigenvalue weighted by atomic mass is 79.9. The molecule has 2 heterocycles. The summed E-state index contributed by atoms with van der Waals surface area (Å²) in [5.41, 5.74) is 1.57. The van der Waals surface area contributed by atoms with Crippen molar-refractivity contribution < 1.29 is 0 Å². The number of pyridine rings is 1.